The molecule has 0 aliphatic carbocycles. The molecule has 1 atom stereocenters. The summed E-state index contributed by atoms with van der Waals surface area (Å²) in [6.07, 6.45) is 2.76. The predicted molar refractivity (Wildman–Crippen MR) is 74.6 cm³/mol. The van der Waals surface area contributed by atoms with Gasteiger partial charge in [0.25, 0.3) is 5.92 Å². The molecule has 2 fully saturated rings. The van der Waals surface area contributed by atoms with Gasteiger partial charge in [-0.2, -0.15) is 0 Å². The van der Waals surface area contributed by atoms with Crippen molar-refractivity contribution in [3.63, 3.8) is 0 Å². The van der Waals surface area contributed by atoms with Crippen LogP contribution in [0.25, 0.3) is 0 Å². The molecular formula is C15H28F2N2. The van der Waals surface area contributed by atoms with Gasteiger partial charge in [0.1, 0.15) is 0 Å². The zero-order chi connectivity index (χ0) is 14.0. The van der Waals surface area contributed by atoms with Crippen LogP contribution in [0.5, 0.6) is 0 Å². The zero-order valence-electron chi connectivity index (χ0n) is 12.5. The molecule has 2 aliphatic rings. The quantitative estimate of drug-likeness (QED) is 0.777. The molecule has 4 heteroatoms. The fraction of sp³-hybridized carbons (Fsp3) is 1.00. The number of piperidine rings is 1. The standard InChI is InChI=1S/C15H28F2N2/c1-4-18-7-5-14(6-8-18)19-10-13(9-12(2)3)15(16,17)11-19/h12-14H,4-11H2,1-3H3. The number of alkyl halides is 2. The summed E-state index contributed by atoms with van der Waals surface area (Å²) in [4.78, 5) is 4.48. The van der Waals surface area contributed by atoms with Crippen LogP contribution >= 0.6 is 0 Å². The third-order valence-electron chi connectivity index (χ3n) is 4.74. The second kappa shape index (κ2) is 6.04. The van der Waals surface area contributed by atoms with Crippen molar-refractivity contribution in [2.24, 2.45) is 11.8 Å². The summed E-state index contributed by atoms with van der Waals surface area (Å²) in [6, 6.07) is 0.380. The van der Waals surface area contributed by atoms with E-state index in [1.165, 1.54) is 0 Å². The number of rotatable bonds is 4. The summed E-state index contributed by atoms with van der Waals surface area (Å²) in [5.41, 5.74) is 0. The van der Waals surface area contributed by atoms with Crippen molar-refractivity contribution >= 4 is 0 Å². The molecule has 112 valence electrons. The van der Waals surface area contributed by atoms with Crippen LogP contribution in [0, 0.1) is 11.8 Å². The Morgan fingerprint density at radius 1 is 1.21 bits per heavy atom. The van der Waals surface area contributed by atoms with Gasteiger partial charge in [-0.15, -0.1) is 0 Å². The highest BCUT2D eigenvalue weighted by Crippen LogP contribution is 2.39. The fourth-order valence-electron chi connectivity index (χ4n) is 3.58. The first-order valence-electron chi connectivity index (χ1n) is 7.76. The molecule has 2 rings (SSSR count). The molecule has 0 N–H and O–H groups in total. The molecule has 0 spiro atoms. The van der Waals surface area contributed by atoms with Crippen molar-refractivity contribution in [1.29, 1.82) is 0 Å². The number of hydrogen-bond donors (Lipinski definition) is 0. The highest BCUT2D eigenvalue weighted by Gasteiger charge is 2.49. The number of likely N-dealkylation sites (tertiary alicyclic amines) is 2. The summed E-state index contributed by atoms with van der Waals surface area (Å²) in [6.45, 7) is 10.1. The smallest absolute Gasteiger partial charge is 0.264 e. The minimum absolute atomic E-state index is 0.0127. The van der Waals surface area contributed by atoms with E-state index in [0.717, 1.165) is 32.5 Å². The van der Waals surface area contributed by atoms with Crippen LogP contribution in [-0.4, -0.2) is 54.5 Å². The SMILES string of the molecule is CCN1CCC(N2CC(CC(C)C)C(F)(F)C2)CC1. The Balaban J connectivity index is 1.89. The Hall–Kier alpha value is -0.220. The molecule has 0 radical (unpaired) electrons. The van der Waals surface area contributed by atoms with Gasteiger partial charge < -0.3 is 4.90 Å². The van der Waals surface area contributed by atoms with E-state index in [2.05, 4.69) is 16.7 Å². The van der Waals surface area contributed by atoms with E-state index >= 15 is 0 Å². The maximum Gasteiger partial charge on any atom is 0.264 e. The summed E-state index contributed by atoms with van der Waals surface area (Å²) in [7, 11) is 0. The molecule has 0 saturated carbocycles. The van der Waals surface area contributed by atoms with Gasteiger partial charge in [0.15, 0.2) is 0 Å². The van der Waals surface area contributed by atoms with Crippen molar-refractivity contribution in [3.8, 4) is 0 Å². The molecular weight excluding hydrogens is 246 g/mol. The Kier molecular flexibility index (Phi) is 4.83. The van der Waals surface area contributed by atoms with Crippen molar-refractivity contribution in [2.45, 2.75) is 52.0 Å². The van der Waals surface area contributed by atoms with Crippen molar-refractivity contribution < 1.29 is 8.78 Å². The van der Waals surface area contributed by atoms with Crippen molar-refractivity contribution in [2.75, 3.05) is 32.7 Å². The third-order valence-corrected chi connectivity index (χ3v) is 4.74. The molecule has 2 saturated heterocycles. The summed E-state index contributed by atoms with van der Waals surface area (Å²) in [5.74, 6) is -2.55. The molecule has 1 unspecified atom stereocenters. The summed E-state index contributed by atoms with van der Waals surface area (Å²) < 4.78 is 28.1. The summed E-state index contributed by atoms with van der Waals surface area (Å²) in [5, 5.41) is 0. The van der Waals surface area contributed by atoms with E-state index in [4.69, 9.17) is 0 Å². The lowest BCUT2D eigenvalue weighted by Crippen LogP contribution is -2.44. The Labute approximate surface area is 116 Å². The first-order valence-corrected chi connectivity index (χ1v) is 7.76. The van der Waals surface area contributed by atoms with Gasteiger partial charge in [0.2, 0.25) is 0 Å². The molecule has 0 aromatic rings. The van der Waals surface area contributed by atoms with E-state index in [1.807, 2.05) is 13.8 Å². The zero-order valence-corrected chi connectivity index (χ0v) is 12.5. The van der Waals surface area contributed by atoms with Gasteiger partial charge in [-0.25, -0.2) is 8.78 Å². The molecule has 19 heavy (non-hydrogen) atoms. The minimum Gasteiger partial charge on any atom is -0.303 e. The maximum atomic E-state index is 14.1. The van der Waals surface area contributed by atoms with Gasteiger partial charge in [-0.05, 0) is 44.8 Å². The second-order valence-electron chi connectivity index (χ2n) is 6.68. The van der Waals surface area contributed by atoms with Crippen LogP contribution in [0.2, 0.25) is 0 Å². The van der Waals surface area contributed by atoms with E-state index in [-0.39, 0.29) is 6.54 Å². The summed E-state index contributed by atoms with van der Waals surface area (Å²) >= 11 is 0. The molecule has 0 bridgehead atoms. The molecule has 0 aromatic heterocycles. The van der Waals surface area contributed by atoms with E-state index in [9.17, 15) is 8.78 Å². The predicted octanol–water partition coefficient (Wildman–Crippen LogP) is 3.08. The third kappa shape index (κ3) is 3.66. The van der Waals surface area contributed by atoms with Crippen LogP contribution in [-0.2, 0) is 0 Å². The second-order valence-corrected chi connectivity index (χ2v) is 6.68. The highest BCUT2D eigenvalue weighted by molar-refractivity contribution is 4.94. The minimum atomic E-state index is -2.48. The number of nitrogens with zero attached hydrogens (tertiary/aromatic N) is 2. The van der Waals surface area contributed by atoms with Crippen LogP contribution in [0.1, 0.15) is 40.0 Å². The lowest BCUT2D eigenvalue weighted by atomic mass is 9.94. The Morgan fingerprint density at radius 3 is 2.37 bits per heavy atom. The van der Waals surface area contributed by atoms with E-state index < -0.39 is 11.8 Å². The van der Waals surface area contributed by atoms with Crippen LogP contribution in [0.4, 0.5) is 8.78 Å². The van der Waals surface area contributed by atoms with E-state index in [1.54, 1.807) is 0 Å². The van der Waals surface area contributed by atoms with Crippen molar-refractivity contribution in [3.05, 3.63) is 0 Å². The largest absolute Gasteiger partial charge is 0.303 e. The molecule has 2 nitrogen and oxygen atoms in total. The first kappa shape index (κ1) is 15.2. The number of halogens is 2. The molecule has 0 aromatic carbocycles. The Bertz CT molecular complexity index is 286. The topological polar surface area (TPSA) is 6.48 Å². The lowest BCUT2D eigenvalue weighted by Gasteiger charge is -2.36. The van der Waals surface area contributed by atoms with Gasteiger partial charge in [0.05, 0.1) is 6.54 Å². The highest BCUT2D eigenvalue weighted by atomic mass is 19.3. The van der Waals surface area contributed by atoms with Gasteiger partial charge in [-0.1, -0.05) is 20.8 Å². The first-order chi connectivity index (χ1) is 8.92. The molecule has 2 aliphatic heterocycles. The number of hydrogen-bond acceptors (Lipinski definition) is 2. The van der Waals surface area contributed by atoms with Gasteiger partial charge >= 0.3 is 0 Å². The van der Waals surface area contributed by atoms with Crippen LogP contribution < -0.4 is 0 Å². The van der Waals surface area contributed by atoms with Gasteiger partial charge in [0, 0.05) is 18.5 Å². The molecule has 2 heterocycles. The van der Waals surface area contributed by atoms with Crippen LogP contribution in [0.3, 0.4) is 0 Å². The van der Waals surface area contributed by atoms with Crippen LogP contribution in [0.15, 0.2) is 0 Å². The fourth-order valence-corrected chi connectivity index (χ4v) is 3.58. The maximum absolute atomic E-state index is 14.1. The van der Waals surface area contributed by atoms with Gasteiger partial charge in [-0.3, -0.25) is 4.90 Å². The average Bonchev–Trinajstić information content (AvgIpc) is 2.64. The average molecular weight is 274 g/mol. The monoisotopic (exact) mass is 274 g/mol. The van der Waals surface area contributed by atoms with E-state index in [0.29, 0.717) is 24.9 Å². The molecule has 0 amide bonds. The lowest BCUT2D eigenvalue weighted by molar-refractivity contribution is -0.0357. The normalized spacial score (nSPS) is 30.3. The van der Waals surface area contributed by atoms with Crippen molar-refractivity contribution in [1.82, 2.24) is 9.80 Å². The Morgan fingerprint density at radius 2 is 1.84 bits per heavy atom.